The van der Waals surface area contributed by atoms with Gasteiger partial charge in [0, 0.05) is 19.7 Å². The molecule has 0 spiro atoms. The molecule has 2 rings (SSSR count). The summed E-state index contributed by atoms with van der Waals surface area (Å²) in [7, 11) is 0. The van der Waals surface area contributed by atoms with Gasteiger partial charge in [0.25, 0.3) is 0 Å². The molecule has 84 valence electrons. The maximum Gasteiger partial charge on any atom is 0.176 e. The van der Waals surface area contributed by atoms with E-state index in [1.807, 2.05) is 34.9 Å². The number of hydrogen-bond acceptors (Lipinski definition) is 2. The van der Waals surface area contributed by atoms with Crippen LogP contribution in [0.25, 0.3) is 0 Å². The van der Waals surface area contributed by atoms with E-state index in [2.05, 4.69) is 6.07 Å². The Morgan fingerprint density at radius 2 is 2.06 bits per heavy atom. The minimum Gasteiger partial charge on any atom is -0.339 e. The van der Waals surface area contributed by atoms with Crippen molar-refractivity contribution in [3.63, 3.8) is 0 Å². The first-order chi connectivity index (χ1) is 8.20. The molecule has 0 saturated carbocycles. The SMILES string of the molecule is CC(=O)c1cc(C#N)cn1Cc1ccccc1. The Bertz CT molecular complexity index is 576. The second-order valence-corrected chi connectivity index (χ2v) is 3.90. The molecule has 0 saturated heterocycles. The number of hydrogen-bond donors (Lipinski definition) is 0. The van der Waals surface area contributed by atoms with Crippen LogP contribution in [0, 0.1) is 11.3 Å². The van der Waals surface area contributed by atoms with Gasteiger partial charge in [-0.05, 0) is 11.6 Å². The fourth-order valence-electron chi connectivity index (χ4n) is 1.78. The van der Waals surface area contributed by atoms with Crippen molar-refractivity contribution < 1.29 is 4.79 Å². The second kappa shape index (κ2) is 4.67. The summed E-state index contributed by atoms with van der Waals surface area (Å²) in [6.07, 6.45) is 1.71. The molecule has 0 aliphatic carbocycles. The van der Waals surface area contributed by atoms with Crippen LogP contribution in [0.2, 0.25) is 0 Å². The number of aromatic nitrogens is 1. The molecule has 0 aliphatic rings. The fourth-order valence-corrected chi connectivity index (χ4v) is 1.78. The zero-order valence-electron chi connectivity index (χ0n) is 9.55. The molecule has 1 aromatic heterocycles. The highest BCUT2D eigenvalue weighted by Crippen LogP contribution is 2.12. The zero-order valence-corrected chi connectivity index (χ0v) is 9.55. The van der Waals surface area contributed by atoms with E-state index >= 15 is 0 Å². The van der Waals surface area contributed by atoms with E-state index in [0.717, 1.165) is 5.56 Å². The molecular weight excluding hydrogens is 212 g/mol. The molecule has 0 fully saturated rings. The maximum atomic E-state index is 11.5. The van der Waals surface area contributed by atoms with E-state index in [1.165, 1.54) is 6.92 Å². The van der Waals surface area contributed by atoms with Gasteiger partial charge in [-0.2, -0.15) is 5.26 Å². The van der Waals surface area contributed by atoms with Gasteiger partial charge >= 0.3 is 0 Å². The van der Waals surface area contributed by atoms with Gasteiger partial charge in [-0.3, -0.25) is 4.79 Å². The van der Waals surface area contributed by atoms with Crippen molar-refractivity contribution in [3.05, 3.63) is 59.4 Å². The number of rotatable bonds is 3. The lowest BCUT2D eigenvalue weighted by atomic mass is 10.2. The highest BCUT2D eigenvalue weighted by atomic mass is 16.1. The minimum absolute atomic E-state index is 0.0255. The molecule has 3 heteroatoms. The van der Waals surface area contributed by atoms with Crippen LogP contribution in [-0.4, -0.2) is 10.4 Å². The third-order valence-electron chi connectivity index (χ3n) is 2.58. The fraction of sp³-hybridized carbons (Fsp3) is 0.143. The van der Waals surface area contributed by atoms with Gasteiger partial charge in [-0.25, -0.2) is 0 Å². The lowest BCUT2D eigenvalue weighted by molar-refractivity contribution is 0.100. The number of ketones is 1. The van der Waals surface area contributed by atoms with E-state index in [1.54, 1.807) is 12.3 Å². The molecule has 1 heterocycles. The van der Waals surface area contributed by atoms with Gasteiger partial charge in [-0.1, -0.05) is 30.3 Å². The summed E-state index contributed by atoms with van der Waals surface area (Å²) in [6, 6.07) is 13.5. The highest BCUT2D eigenvalue weighted by molar-refractivity contribution is 5.93. The van der Waals surface area contributed by atoms with Gasteiger partial charge in [-0.15, -0.1) is 0 Å². The molecule has 0 N–H and O–H groups in total. The standard InChI is InChI=1S/C14H12N2O/c1-11(17)14-7-13(8-15)10-16(14)9-12-5-3-2-4-6-12/h2-7,10H,9H2,1H3. The molecule has 3 nitrogen and oxygen atoms in total. The third-order valence-corrected chi connectivity index (χ3v) is 2.58. The van der Waals surface area contributed by atoms with E-state index in [-0.39, 0.29) is 5.78 Å². The maximum absolute atomic E-state index is 11.5. The van der Waals surface area contributed by atoms with Crippen LogP contribution >= 0.6 is 0 Å². The number of nitrogens with zero attached hydrogens (tertiary/aromatic N) is 2. The number of nitriles is 1. The average Bonchev–Trinajstić information content (AvgIpc) is 2.74. The Balaban J connectivity index is 2.36. The Kier molecular flexibility index (Phi) is 3.06. The molecule has 0 radical (unpaired) electrons. The van der Waals surface area contributed by atoms with Crippen LogP contribution in [0.5, 0.6) is 0 Å². The summed E-state index contributed by atoms with van der Waals surface area (Å²) in [4.78, 5) is 11.5. The molecule has 17 heavy (non-hydrogen) atoms. The Morgan fingerprint density at radius 3 is 2.65 bits per heavy atom. The summed E-state index contributed by atoms with van der Waals surface area (Å²) in [5.41, 5.74) is 2.20. The lowest BCUT2D eigenvalue weighted by Crippen LogP contribution is -2.06. The van der Waals surface area contributed by atoms with Crippen LogP contribution in [0.1, 0.15) is 28.5 Å². The summed E-state index contributed by atoms with van der Waals surface area (Å²) < 4.78 is 1.82. The molecule has 1 aromatic carbocycles. The predicted octanol–water partition coefficient (Wildman–Crippen LogP) is 2.61. The highest BCUT2D eigenvalue weighted by Gasteiger charge is 2.09. The summed E-state index contributed by atoms with van der Waals surface area (Å²) in [5, 5.41) is 8.85. The van der Waals surface area contributed by atoms with Crippen LogP contribution in [0.4, 0.5) is 0 Å². The Hall–Kier alpha value is -2.34. The van der Waals surface area contributed by atoms with E-state index in [4.69, 9.17) is 5.26 Å². The van der Waals surface area contributed by atoms with Gasteiger partial charge in [0.15, 0.2) is 5.78 Å². The molecule has 2 aromatic rings. The van der Waals surface area contributed by atoms with Crippen molar-refractivity contribution in [2.45, 2.75) is 13.5 Å². The first-order valence-corrected chi connectivity index (χ1v) is 5.36. The Labute approximate surface area is 99.9 Å². The Morgan fingerprint density at radius 1 is 1.35 bits per heavy atom. The van der Waals surface area contributed by atoms with Gasteiger partial charge in [0.1, 0.15) is 6.07 Å². The summed E-state index contributed by atoms with van der Waals surface area (Å²) >= 11 is 0. The van der Waals surface area contributed by atoms with Crippen LogP contribution in [0.3, 0.4) is 0 Å². The molecule has 0 bridgehead atoms. The predicted molar refractivity (Wildman–Crippen MR) is 64.7 cm³/mol. The molecule has 0 unspecified atom stereocenters. The second-order valence-electron chi connectivity index (χ2n) is 3.90. The third kappa shape index (κ3) is 2.43. The van der Waals surface area contributed by atoms with Gasteiger partial charge in [0.05, 0.1) is 11.3 Å². The van der Waals surface area contributed by atoms with E-state index < -0.39 is 0 Å². The number of Topliss-reactive ketones (excluding diaryl/α,β-unsaturated/α-hetero) is 1. The minimum atomic E-state index is -0.0255. The van der Waals surface area contributed by atoms with Crippen molar-refractivity contribution in [1.29, 1.82) is 5.26 Å². The van der Waals surface area contributed by atoms with Crippen molar-refractivity contribution in [1.82, 2.24) is 4.57 Å². The average molecular weight is 224 g/mol. The topological polar surface area (TPSA) is 45.8 Å². The van der Waals surface area contributed by atoms with Gasteiger partial charge in [0.2, 0.25) is 0 Å². The lowest BCUT2D eigenvalue weighted by Gasteiger charge is -2.06. The molecular formula is C14H12N2O. The largest absolute Gasteiger partial charge is 0.339 e. The van der Waals surface area contributed by atoms with E-state index in [9.17, 15) is 4.79 Å². The van der Waals surface area contributed by atoms with Crippen molar-refractivity contribution >= 4 is 5.78 Å². The first-order valence-electron chi connectivity index (χ1n) is 5.36. The molecule has 0 amide bonds. The van der Waals surface area contributed by atoms with Crippen molar-refractivity contribution in [3.8, 4) is 6.07 Å². The normalized spacial score (nSPS) is 9.88. The van der Waals surface area contributed by atoms with Crippen LogP contribution < -0.4 is 0 Å². The van der Waals surface area contributed by atoms with Crippen molar-refractivity contribution in [2.24, 2.45) is 0 Å². The van der Waals surface area contributed by atoms with Crippen LogP contribution in [0.15, 0.2) is 42.6 Å². The monoisotopic (exact) mass is 224 g/mol. The van der Waals surface area contributed by atoms with Crippen molar-refractivity contribution in [2.75, 3.05) is 0 Å². The van der Waals surface area contributed by atoms with E-state index in [0.29, 0.717) is 17.8 Å². The zero-order chi connectivity index (χ0) is 12.3. The molecule has 0 aliphatic heterocycles. The quantitative estimate of drug-likeness (QED) is 0.752. The number of carbonyl (C=O) groups is 1. The number of carbonyl (C=O) groups excluding carboxylic acids is 1. The summed E-state index contributed by atoms with van der Waals surface area (Å²) in [6.45, 7) is 2.12. The van der Waals surface area contributed by atoms with Crippen LogP contribution in [-0.2, 0) is 6.54 Å². The molecule has 0 atom stereocenters. The smallest absolute Gasteiger partial charge is 0.176 e. The first kappa shape index (κ1) is 11.2. The van der Waals surface area contributed by atoms with Gasteiger partial charge < -0.3 is 4.57 Å². The number of benzene rings is 1. The summed E-state index contributed by atoms with van der Waals surface area (Å²) in [5.74, 6) is -0.0255.